The molecule has 6 rings (SSSR count). The van der Waals surface area contributed by atoms with E-state index in [9.17, 15) is 14.4 Å². The average Bonchev–Trinajstić information content (AvgIpc) is 3.42. The molecule has 9 nitrogen and oxygen atoms in total. The van der Waals surface area contributed by atoms with Gasteiger partial charge < -0.3 is 20.7 Å². The molecule has 3 N–H and O–H groups in total. The summed E-state index contributed by atoms with van der Waals surface area (Å²) in [6.07, 6.45) is 12.6. The number of carbonyl (C=O) groups excluding carboxylic acids is 3. The highest BCUT2D eigenvalue weighted by Gasteiger charge is 2.41. The van der Waals surface area contributed by atoms with Gasteiger partial charge in [-0.2, -0.15) is 0 Å². The molecule has 2 fully saturated rings. The number of fused-ring (bicyclic) bond motifs is 2. The predicted octanol–water partition coefficient (Wildman–Crippen LogP) is 3.64. The third kappa shape index (κ3) is 7.36. The molecule has 0 radical (unpaired) electrons. The number of anilines is 1. The van der Waals surface area contributed by atoms with Gasteiger partial charge in [-0.3, -0.25) is 19.3 Å². The third-order valence-electron chi connectivity index (χ3n) is 9.56. The smallest absolute Gasteiger partial charge is 0.243 e. The fourth-order valence-corrected chi connectivity index (χ4v) is 8.03. The zero-order valence-corrected chi connectivity index (χ0v) is 25.6. The fourth-order valence-electron chi connectivity index (χ4n) is 6.97. The fraction of sp³-hybridized carbons (Fsp3) is 0.576. The summed E-state index contributed by atoms with van der Waals surface area (Å²) < 4.78 is 5.61. The zero-order chi connectivity index (χ0) is 29.6. The lowest BCUT2D eigenvalue weighted by atomic mass is 9.75. The first kappa shape index (κ1) is 30.0. The van der Waals surface area contributed by atoms with Crippen LogP contribution in [0.15, 0.2) is 42.5 Å². The number of aryl methyl sites for hydroxylation is 2. The van der Waals surface area contributed by atoms with Gasteiger partial charge in [0.05, 0.1) is 17.7 Å². The van der Waals surface area contributed by atoms with Crippen LogP contribution < -0.4 is 16.0 Å². The van der Waals surface area contributed by atoms with Gasteiger partial charge in [0.15, 0.2) is 5.13 Å². The molecule has 1 aromatic heterocycles. The molecule has 43 heavy (non-hydrogen) atoms. The number of hydrogen-bond donors (Lipinski definition) is 3. The Balaban J connectivity index is 1.15. The molecule has 4 heterocycles. The van der Waals surface area contributed by atoms with E-state index in [0.29, 0.717) is 63.7 Å². The van der Waals surface area contributed by atoms with Crippen LogP contribution in [-0.4, -0.2) is 72.5 Å². The Morgan fingerprint density at radius 3 is 2.72 bits per heavy atom. The molecule has 0 saturated carbocycles. The predicted molar refractivity (Wildman–Crippen MR) is 167 cm³/mol. The van der Waals surface area contributed by atoms with Crippen LogP contribution in [0.4, 0.5) is 5.13 Å². The topological polar surface area (TPSA) is 113 Å². The van der Waals surface area contributed by atoms with Crippen molar-refractivity contribution in [3.8, 4) is 0 Å². The van der Waals surface area contributed by atoms with E-state index in [1.165, 1.54) is 17.7 Å². The molecular weight excluding hydrogens is 562 g/mol. The maximum absolute atomic E-state index is 13.8. The summed E-state index contributed by atoms with van der Waals surface area (Å²) in [5.41, 5.74) is 1.58. The summed E-state index contributed by atoms with van der Waals surface area (Å²) >= 11 is 1.61. The Morgan fingerprint density at radius 2 is 1.91 bits per heavy atom. The Kier molecular flexibility index (Phi) is 9.55. The number of aromatic nitrogens is 1. The van der Waals surface area contributed by atoms with E-state index in [1.807, 2.05) is 30.3 Å². The van der Waals surface area contributed by atoms with Crippen molar-refractivity contribution in [2.45, 2.75) is 76.3 Å². The molecule has 2 saturated heterocycles. The van der Waals surface area contributed by atoms with Crippen molar-refractivity contribution in [1.82, 2.24) is 20.5 Å². The second kappa shape index (κ2) is 13.7. The lowest BCUT2D eigenvalue weighted by Gasteiger charge is -2.40. The highest BCUT2D eigenvalue weighted by atomic mass is 32.1. The Morgan fingerprint density at radius 1 is 1.09 bits per heavy atom. The van der Waals surface area contributed by atoms with Gasteiger partial charge in [0.2, 0.25) is 17.7 Å². The van der Waals surface area contributed by atoms with Crippen molar-refractivity contribution in [1.29, 1.82) is 0 Å². The first-order chi connectivity index (χ1) is 21.0. The van der Waals surface area contributed by atoms with Gasteiger partial charge >= 0.3 is 0 Å². The molecule has 3 amide bonds. The number of piperidine rings is 1. The van der Waals surface area contributed by atoms with Crippen LogP contribution >= 0.6 is 11.3 Å². The normalized spacial score (nSPS) is 26.3. The van der Waals surface area contributed by atoms with E-state index >= 15 is 0 Å². The standard InChI is InChI=1S/C33H43N5O4S/c39-29(37-32-36-26-11-4-5-12-28(26)43-32)22-38-17-13-25-24(21-38)10-6-7-14-33(15-18-42-19-16-33)31(41)35-27(30(40)34-25)20-23-8-2-1-3-9-23/h1-3,6-9,24-25,27H,4-5,10-22H2,(H,34,40)(H,35,41)(H,36,37,39)/t24-,25+,27-/m1/s1. The molecule has 10 heteroatoms. The molecule has 1 aromatic carbocycles. The maximum atomic E-state index is 13.8. The Hall–Kier alpha value is -3.08. The van der Waals surface area contributed by atoms with Crippen molar-refractivity contribution < 1.29 is 19.1 Å². The summed E-state index contributed by atoms with van der Waals surface area (Å²) in [6, 6.07) is 9.17. The summed E-state index contributed by atoms with van der Waals surface area (Å²) in [5.74, 6) is -0.0788. The molecule has 0 unspecified atom stereocenters. The van der Waals surface area contributed by atoms with Crippen molar-refractivity contribution in [2.24, 2.45) is 11.3 Å². The summed E-state index contributed by atoms with van der Waals surface area (Å²) in [4.78, 5) is 48.7. The van der Waals surface area contributed by atoms with Gasteiger partial charge in [-0.15, -0.1) is 11.3 Å². The van der Waals surface area contributed by atoms with Crippen LogP contribution in [0, 0.1) is 11.3 Å². The lowest BCUT2D eigenvalue weighted by Crippen LogP contribution is -2.58. The molecule has 3 atom stereocenters. The highest BCUT2D eigenvalue weighted by molar-refractivity contribution is 7.15. The van der Waals surface area contributed by atoms with Gasteiger partial charge in [0, 0.05) is 43.6 Å². The largest absolute Gasteiger partial charge is 0.381 e. The third-order valence-corrected chi connectivity index (χ3v) is 10.6. The van der Waals surface area contributed by atoms with Gasteiger partial charge in [-0.25, -0.2) is 4.98 Å². The van der Waals surface area contributed by atoms with E-state index in [-0.39, 0.29) is 29.7 Å². The Labute approximate surface area is 257 Å². The highest BCUT2D eigenvalue weighted by Crippen LogP contribution is 2.36. The first-order valence-electron chi connectivity index (χ1n) is 15.9. The molecule has 1 spiro atoms. The van der Waals surface area contributed by atoms with Crippen LogP contribution in [0.25, 0.3) is 0 Å². The van der Waals surface area contributed by atoms with Crippen molar-refractivity contribution in [3.63, 3.8) is 0 Å². The minimum absolute atomic E-state index is 0.0335. The number of allylic oxidation sites excluding steroid dienone is 2. The quantitative estimate of drug-likeness (QED) is 0.449. The number of ether oxygens (including phenoxy) is 1. The lowest BCUT2D eigenvalue weighted by molar-refractivity contribution is -0.140. The van der Waals surface area contributed by atoms with Gasteiger partial charge in [-0.05, 0) is 69.3 Å². The number of amides is 3. The molecule has 4 aliphatic rings. The average molecular weight is 606 g/mol. The van der Waals surface area contributed by atoms with E-state index in [2.05, 4.69) is 38.0 Å². The van der Waals surface area contributed by atoms with Crippen molar-refractivity contribution in [3.05, 3.63) is 58.6 Å². The molecule has 2 aromatic rings. The molecule has 0 bridgehead atoms. The number of nitrogens with zero attached hydrogens (tertiary/aromatic N) is 2. The number of hydrogen-bond acceptors (Lipinski definition) is 7. The SMILES string of the molecule is O=C(CN1CC[C@@H]2NC(=O)[C@@H](Cc3ccccc3)NC(=O)C3(CC=CC[C@@H]2C1)CCOCC3)Nc1nc2c(s1)CCCC2. The number of thiazole rings is 1. The summed E-state index contributed by atoms with van der Waals surface area (Å²) in [7, 11) is 0. The molecular formula is C33H43N5O4S. The van der Waals surface area contributed by atoms with E-state index in [0.717, 1.165) is 36.9 Å². The zero-order valence-electron chi connectivity index (χ0n) is 24.8. The summed E-state index contributed by atoms with van der Waals surface area (Å²) in [6.45, 7) is 2.82. The van der Waals surface area contributed by atoms with E-state index in [1.54, 1.807) is 11.3 Å². The molecule has 1 aliphatic carbocycles. The second-order valence-corrected chi connectivity index (χ2v) is 13.6. The van der Waals surface area contributed by atoms with E-state index < -0.39 is 11.5 Å². The van der Waals surface area contributed by atoms with Crippen molar-refractivity contribution in [2.75, 3.05) is 38.2 Å². The number of benzene rings is 1. The first-order valence-corrected chi connectivity index (χ1v) is 16.7. The van der Waals surface area contributed by atoms with Crippen molar-refractivity contribution >= 4 is 34.2 Å². The van der Waals surface area contributed by atoms with Crippen LogP contribution in [0.1, 0.15) is 61.1 Å². The minimum Gasteiger partial charge on any atom is -0.381 e. The number of likely N-dealkylation sites (tertiary alicyclic amines) is 1. The monoisotopic (exact) mass is 605 g/mol. The minimum atomic E-state index is -0.661. The summed E-state index contributed by atoms with van der Waals surface area (Å²) in [5, 5.41) is 10.2. The van der Waals surface area contributed by atoms with Crippen LogP contribution in [0.5, 0.6) is 0 Å². The molecule has 3 aliphatic heterocycles. The van der Waals surface area contributed by atoms with Crippen LogP contribution in [0.2, 0.25) is 0 Å². The van der Waals surface area contributed by atoms with Crippen LogP contribution in [0.3, 0.4) is 0 Å². The van der Waals surface area contributed by atoms with Gasteiger partial charge in [0.25, 0.3) is 0 Å². The number of carbonyl (C=O) groups is 3. The number of nitrogens with one attached hydrogen (secondary N) is 3. The number of rotatable bonds is 5. The van der Waals surface area contributed by atoms with Gasteiger partial charge in [0.1, 0.15) is 6.04 Å². The Bertz CT molecular complexity index is 1300. The molecule has 230 valence electrons. The second-order valence-electron chi connectivity index (χ2n) is 12.6. The maximum Gasteiger partial charge on any atom is 0.243 e. The van der Waals surface area contributed by atoms with Crippen LogP contribution in [-0.2, 0) is 38.4 Å². The van der Waals surface area contributed by atoms with E-state index in [4.69, 9.17) is 4.74 Å². The van der Waals surface area contributed by atoms with Gasteiger partial charge in [-0.1, -0.05) is 42.5 Å².